The van der Waals surface area contributed by atoms with Crippen LogP contribution < -0.4 is 20.9 Å². The van der Waals surface area contributed by atoms with E-state index in [0.29, 0.717) is 4.90 Å². The van der Waals surface area contributed by atoms with Crippen LogP contribution in [0.2, 0.25) is 0 Å². The lowest BCUT2D eigenvalue weighted by Gasteiger charge is -2.55. The second-order valence-electron chi connectivity index (χ2n) is 9.58. The van der Waals surface area contributed by atoms with Crippen LogP contribution in [0.3, 0.4) is 0 Å². The first-order valence-corrected chi connectivity index (χ1v) is 11.5. The molecule has 15 heteroatoms. The average molecular weight is 522 g/mol. The Morgan fingerprint density at radius 1 is 1.27 bits per heavy atom. The highest BCUT2D eigenvalue weighted by Crippen LogP contribution is 2.50. The van der Waals surface area contributed by atoms with Gasteiger partial charge in [0.1, 0.15) is 23.9 Å². The number of amides is 4. The number of imide groups is 1. The van der Waals surface area contributed by atoms with Crippen molar-refractivity contribution in [2.24, 2.45) is 16.1 Å². The van der Waals surface area contributed by atoms with Crippen LogP contribution in [-0.4, -0.2) is 72.9 Å². The molecule has 0 bridgehead atoms. The Labute approximate surface area is 206 Å². The highest BCUT2D eigenvalue weighted by atomic mass is 19.3. The van der Waals surface area contributed by atoms with Gasteiger partial charge in [-0.15, -0.1) is 0 Å². The molecule has 0 radical (unpaired) electrons. The van der Waals surface area contributed by atoms with Gasteiger partial charge in [0.05, 0.1) is 29.3 Å². The van der Waals surface area contributed by atoms with Crippen LogP contribution in [0.4, 0.5) is 34.3 Å². The molecule has 0 saturated carbocycles. The molecule has 6 rings (SSSR count). The summed E-state index contributed by atoms with van der Waals surface area (Å²) in [6.07, 6.45) is -5.23. The van der Waals surface area contributed by atoms with Crippen molar-refractivity contribution in [3.63, 3.8) is 0 Å². The molecule has 1 spiro atoms. The highest BCUT2D eigenvalue weighted by Gasteiger charge is 2.61. The van der Waals surface area contributed by atoms with Crippen LogP contribution in [0.5, 0.6) is 0 Å². The van der Waals surface area contributed by atoms with E-state index in [1.54, 1.807) is 18.7 Å². The number of aliphatic imine (C=N–C) groups is 1. The Balaban J connectivity index is 1.58. The van der Waals surface area contributed by atoms with Crippen molar-refractivity contribution in [1.82, 2.24) is 10.5 Å². The van der Waals surface area contributed by atoms with Gasteiger partial charge in [-0.1, -0.05) is 5.16 Å². The molecule has 196 valence electrons. The van der Waals surface area contributed by atoms with Gasteiger partial charge >= 0.3 is 12.1 Å². The van der Waals surface area contributed by atoms with Crippen LogP contribution in [0.1, 0.15) is 19.4 Å². The fourth-order valence-electron chi connectivity index (χ4n) is 6.00. The van der Waals surface area contributed by atoms with E-state index in [4.69, 9.17) is 19.7 Å². The van der Waals surface area contributed by atoms with Crippen molar-refractivity contribution in [2.45, 2.75) is 51.0 Å². The second-order valence-corrected chi connectivity index (χ2v) is 9.58. The molecule has 0 aliphatic carbocycles. The number of rotatable bonds is 2. The first-order valence-electron chi connectivity index (χ1n) is 11.5. The molecule has 1 aromatic carbocycles. The fourth-order valence-corrected chi connectivity index (χ4v) is 6.00. The Kier molecular flexibility index (Phi) is 4.96. The number of nitrogens with one attached hydrogen (secondary N) is 1. The number of nitrogens with two attached hydrogens (primary N) is 1. The molecule has 2 aromatic rings. The molecular weight excluding hydrogens is 501 g/mol. The molecule has 37 heavy (non-hydrogen) atoms. The minimum absolute atomic E-state index is 0.0634. The molecule has 5 unspecified atom stereocenters. The number of morpholine rings is 1. The predicted octanol–water partition coefficient (Wildman–Crippen LogP) is 1.69. The number of cyclic esters (lactones) is 1. The summed E-state index contributed by atoms with van der Waals surface area (Å²) in [6.45, 7) is 3.08. The molecule has 4 aliphatic rings. The number of urea groups is 1. The van der Waals surface area contributed by atoms with Crippen LogP contribution in [0, 0.1) is 11.2 Å². The second kappa shape index (κ2) is 7.81. The van der Waals surface area contributed by atoms with Crippen LogP contribution in [0.25, 0.3) is 11.0 Å². The maximum Gasteiger partial charge on any atom is 0.416 e. The summed E-state index contributed by atoms with van der Waals surface area (Å²) in [6, 6.07) is -1.97. The number of benzene rings is 1. The maximum atomic E-state index is 16.1. The van der Waals surface area contributed by atoms with Crippen molar-refractivity contribution < 1.29 is 41.6 Å². The van der Waals surface area contributed by atoms with Crippen molar-refractivity contribution in [3.8, 4) is 0 Å². The van der Waals surface area contributed by atoms with Crippen molar-refractivity contribution in [1.29, 1.82) is 0 Å². The standard InChI is InChI=1S/C22H21F3N6O6/c1-7-5-30-13-9(4-22(15(30)8(2)36-7)18(26)27-20(33)28-19(22)32)3-10-14(12(13)23)37-29-17(10)31-11(16(24)25)6-35-21(31)34/h3,7-8,11,15-16H,4-6H2,1-2H3,(H3,26,27,28,32,33). The van der Waals surface area contributed by atoms with Crippen LogP contribution in [-0.2, 0) is 20.7 Å². The van der Waals surface area contributed by atoms with E-state index in [1.807, 2.05) is 0 Å². The predicted molar refractivity (Wildman–Crippen MR) is 120 cm³/mol. The van der Waals surface area contributed by atoms with Crippen molar-refractivity contribution >= 4 is 46.3 Å². The van der Waals surface area contributed by atoms with Crippen molar-refractivity contribution in [3.05, 3.63) is 17.4 Å². The minimum atomic E-state index is -2.96. The SMILES string of the molecule is CC1CN2c3c(cc4c(N5C(=O)OCC5C(F)F)noc4c3F)CC3(C(=O)NC(=O)N=C3N)C2C(C)O1. The van der Waals surface area contributed by atoms with Crippen molar-refractivity contribution in [2.75, 3.05) is 23.0 Å². The number of amidine groups is 1. The molecule has 4 amide bonds. The molecule has 1 aromatic heterocycles. The number of fused-ring (bicyclic) bond motifs is 5. The van der Waals surface area contributed by atoms with E-state index in [9.17, 15) is 23.2 Å². The molecule has 5 atom stereocenters. The summed E-state index contributed by atoms with van der Waals surface area (Å²) >= 11 is 0. The van der Waals surface area contributed by atoms with Gasteiger partial charge in [-0.05, 0) is 31.9 Å². The first kappa shape index (κ1) is 23.5. The van der Waals surface area contributed by atoms with E-state index < -0.39 is 60.5 Å². The van der Waals surface area contributed by atoms with E-state index in [0.717, 1.165) is 0 Å². The third kappa shape index (κ3) is 3.09. The zero-order valence-electron chi connectivity index (χ0n) is 19.5. The summed E-state index contributed by atoms with van der Waals surface area (Å²) in [7, 11) is 0. The fraction of sp³-hybridized carbons (Fsp3) is 0.500. The summed E-state index contributed by atoms with van der Waals surface area (Å²) < 4.78 is 59.3. The lowest BCUT2D eigenvalue weighted by atomic mass is 9.66. The Hall–Kier alpha value is -3.88. The third-order valence-corrected chi connectivity index (χ3v) is 7.41. The maximum absolute atomic E-state index is 16.1. The van der Waals surface area contributed by atoms with Crippen LogP contribution in [0.15, 0.2) is 15.6 Å². The minimum Gasteiger partial charge on any atom is -0.447 e. The number of carbonyl (C=O) groups is 3. The van der Waals surface area contributed by atoms with Gasteiger partial charge in [0.15, 0.2) is 11.6 Å². The molecule has 5 heterocycles. The zero-order chi connectivity index (χ0) is 26.4. The Morgan fingerprint density at radius 3 is 2.73 bits per heavy atom. The van der Waals surface area contributed by atoms with Gasteiger partial charge in [0, 0.05) is 6.54 Å². The largest absolute Gasteiger partial charge is 0.447 e. The smallest absolute Gasteiger partial charge is 0.416 e. The molecule has 2 fully saturated rings. The monoisotopic (exact) mass is 522 g/mol. The van der Waals surface area contributed by atoms with Gasteiger partial charge in [0.2, 0.25) is 11.5 Å². The lowest BCUT2D eigenvalue weighted by Crippen LogP contribution is -2.72. The van der Waals surface area contributed by atoms with E-state index >= 15 is 4.39 Å². The summed E-state index contributed by atoms with van der Waals surface area (Å²) in [5, 5.41) is 5.86. The number of hydrogen-bond acceptors (Lipinski definition) is 9. The number of alkyl halides is 2. The van der Waals surface area contributed by atoms with Gasteiger partial charge in [0.25, 0.3) is 6.43 Å². The summed E-state index contributed by atoms with van der Waals surface area (Å²) in [5.74, 6) is -2.16. The Morgan fingerprint density at radius 2 is 2.03 bits per heavy atom. The lowest BCUT2D eigenvalue weighted by molar-refractivity contribution is -0.132. The molecular formula is C22H21F3N6O6. The molecule has 12 nitrogen and oxygen atoms in total. The van der Waals surface area contributed by atoms with E-state index in [1.165, 1.54) is 6.07 Å². The van der Waals surface area contributed by atoms with E-state index in [2.05, 4.69) is 15.5 Å². The van der Waals surface area contributed by atoms with Gasteiger partial charge < -0.3 is 24.6 Å². The van der Waals surface area contributed by atoms with Crippen LogP contribution >= 0.6 is 0 Å². The van der Waals surface area contributed by atoms with Gasteiger partial charge in [-0.25, -0.2) is 27.7 Å². The first-order chi connectivity index (χ1) is 17.5. The van der Waals surface area contributed by atoms with E-state index in [-0.39, 0.29) is 52.9 Å². The highest BCUT2D eigenvalue weighted by molar-refractivity contribution is 6.20. The number of nitrogens with zero attached hydrogens (tertiary/aromatic N) is 4. The topological polar surface area (TPSA) is 153 Å². The number of halogens is 3. The summed E-state index contributed by atoms with van der Waals surface area (Å²) in [4.78, 5) is 43.6. The van der Waals surface area contributed by atoms with Gasteiger partial charge in [-0.3, -0.25) is 10.1 Å². The number of hydrogen-bond donors (Lipinski definition) is 2. The summed E-state index contributed by atoms with van der Waals surface area (Å²) in [5.41, 5.74) is 4.63. The third-order valence-electron chi connectivity index (χ3n) is 7.41. The number of carbonyl (C=O) groups excluding carboxylic acids is 3. The van der Waals surface area contributed by atoms with Gasteiger partial charge in [-0.2, -0.15) is 4.99 Å². The zero-order valence-corrected chi connectivity index (χ0v) is 19.5. The molecule has 2 saturated heterocycles. The molecule has 4 aliphatic heterocycles. The Bertz CT molecular complexity index is 1400. The normalized spacial score (nSPS) is 31.5. The number of anilines is 2. The quantitative estimate of drug-likeness (QED) is 0.600. The number of aromatic nitrogens is 1. The number of ether oxygens (including phenoxy) is 2. The average Bonchev–Trinajstić information content (AvgIpc) is 3.40. The molecule has 3 N–H and O–H groups in total.